The molecule has 40 valence electrons. The molecule has 0 aromatic carbocycles. The van der Waals surface area contributed by atoms with Gasteiger partial charge in [-0.15, -0.1) is 12.0 Å². The molecule has 0 unspecified atom stereocenters. The van der Waals surface area contributed by atoms with Crippen molar-refractivity contribution in [2.24, 2.45) is 0 Å². The summed E-state index contributed by atoms with van der Waals surface area (Å²) in [7, 11) is -1.26. The Morgan fingerprint density at radius 2 is 2.14 bits per heavy atom. The van der Waals surface area contributed by atoms with E-state index in [1.54, 1.807) is 0 Å². The van der Waals surface area contributed by atoms with Gasteiger partial charge >= 0.3 is 0 Å². The quantitative estimate of drug-likeness (QED) is 0.309. The first-order valence-electron chi connectivity index (χ1n) is 2.21. The average Bonchev–Trinajstić information content (AvgIpc) is 1.68. The first-order chi connectivity index (χ1) is 3.12. The van der Waals surface area contributed by atoms with E-state index in [0.717, 1.165) is 5.38 Å². The summed E-state index contributed by atoms with van der Waals surface area (Å²) in [5.41, 5.74) is 2.75. The highest BCUT2D eigenvalue weighted by Crippen LogP contribution is 1.99. The molecular formula is C5H10SSi. The summed E-state index contributed by atoms with van der Waals surface area (Å²) < 4.78 is 0. The summed E-state index contributed by atoms with van der Waals surface area (Å²) in [6, 6.07) is 0. The Morgan fingerprint density at radius 1 is 1.71 bits per heavy atom. The van der Waals surface area contributed by atoms with Gasteiger partial charge in [-0.05, 0) is 5.38 Å². The van der Waals surface area contributed by atoms with Crippen LogP contribution in [0, 0.1) is 12.0 Å². The Bertz CT molecular complexity index is 90.7. The highest BCUT2D eigenvalue weighted by Gasteiger charge is 2.13. The van der Waals surface area contributed by atoms with E-state index in [1.165, 1.54) is 0 Å². The topological polar surface area (TPSA) is 0 Å². The molecule has 2 heteroatoms. The Kier molecular flexibility index (Phi) is 2.48. The van der Waals surface area contributed by atoms with Crippen molar-refractivity contribution in [2.75, 3.05) is 5.38 Å². The van der Waals surface area contributed by atoms with Gasteiger partial charge in [0, 0.05) is 0 Å². The summed E-state index contributed by atoms with van der Waals surface area (Å²) in [6.07, 6.45) is 5.18. The van der Waals surface area contributed by atoms with Crippen LogP contribution in [0.4, 0.5) is 0 Å². The Hall–Kier alpha value is 0.127. The lowest BCUT2D eigenvalue weighted by molar-refractivity contribution is 1.79. The molecule has 0 nitrogen and oxygen atoms in total. The van der Waals surface area contributed by atoms with Crippen molar-refractivity contribution < 1.29 is 0 Å². The minimum atomic E-state index is -1.26. The van der Waals surface area contributed by atoms with Gasteiger partial charge in [0.25, 0.3) is 0 Å². The van der Waals surface area contributed by atoms with E-state index in [9.17, 15) is 0 Å². The highest BCUT2D eigenvalue weighted by atomic mass is 32.1. The van der Waals surface area contributed by atoms with Crippen LogP contribution in [0.2, 0.25) is 13.1 Å². The van der Waals surface area contributed by atoms with E-state index >= 15 is 0 Å². The van der Waals surface area contributed by atoms with E-state index < -0.39 is 8.07 Å². The van der Waals surface area contributed by atoms with Crippen LogP contribution in [0.1, 0.15) is 0 Å². The number of rotatable bonds is 1. The second-order valence-electron chi connectivity index (χ2n) is 2.19. The van der Waals surface area contributed by atoms with Crippen molar-refractivity contribution in [3.05, 3.63) is 0 Å². The lowest BCUT2D eigenvalue weighted by atomic mass is 11.4. The minimum Gasteiger partial charge on any atom is -0.181 e. The number of hydrogen-bond donors (Lipinski definition) is 1. The molecule has 0 radical (unpaired) electrons. The van der Waals surface area contributed by atoms with Gasteiger partial charge in [0.05, 0.1) is 0 Å². The average molecular weight is 130 g/mol. The molecule has 0 saturated heterocycles. The van der Waals surface area contributed by atoms with Gasteiger partial charge in [-0.2, -0.15) is 12.6 Å². The zero-order valence-corrected chi connectivity index (χ0v) is 6.63. The maximum atomic E-state index is 5.18. The van der Waals surface area contributed by atoms with Crippen molar-refractivity contribution >= 4 is 20.7 Å². The summed E-state index contributed by atoms with van der Waals surface area (Å²) in [5, 5.41) is 0.892. The van der Waals surface area contributed by atoms with Crippen LogP contribution in [0.3, 0.4) is 0 Å². The Balaban J connectivity index is 3.66. The zero-order chi connectivity index (χ0) is 5.91. The predicted octanol–water partition coefficient (Wildman–Crippen LogP) is 1.34. The van der Waals surface area contributed by atoms with Crippen LogP contribution in [0.5, 0.6) is 0 Å². The minimum absolute atomic E-state index is 0.892. The molecule has 0 heterocycles. The third-order valence-corrected chi connectivity index (χ3v) is 4.73. The van der Waals surface area contributed by atoms with Gasteiger partial charge in [-0.3, -0.25) is 0 Å². The maximum Gasteiger partial charge on any atom is 0.141 e. The van der Waals surface area contributed by atoms with Gasteiger partial charge in [-0.1, -0.05) is 13.1 Å². The monoisotopic (exact) mass is 130 g/mol. The van der Waals surface area contributed by atoms with E-state index in [-0.39, 0.29) is 0 Å². The molecule has 7 heavy (non-hydrogen) atoms. The fourth-order valence-corrected chi connectivity index (χ4v) is 0.411. The zero-order valence-electron chi connectivity index (χ0n) is 4.73. The number of hydrogen-bond acceptors (Lipinski definition) is 1. The standard InChI is InChI=1S/C5H10SSi/c1-4-7(2,3)5-6/h1,6H,5H2,2-3H3. The second-order valence-corrected chi connectivity index (χ2v) is 7.51. The van der Waals surface area contributed by atoms with Gasteiger partial charge in [-0.25, -0.2) is 0 Å². The largest absolute Gasteiger partial charge is 0.181 e. The highest BCUT2D eigenvalue weighted by molar-refractivity contribution is 7.82. The van der Waals surface area contributed by atoms with E-state index in [1.807, 2.05) is 0 Å². The summed E-state index contributed by atoms with van der Waals surface area (Å²) >= 11 is 4.10. The molecule has 0 aliphatic carbocycles. The van der Waals surface area contributed by atoms with Crippen molar-refractivity contribution in [1.82, 2.24) is 0 Å². The number of thiol groups is 1. The fourth-order valence-electron chi connectivity index (χ4n) is 0.0456. The molecule has 0 rings (SSSR count). The van der Waals surface area contributed by atoms with E-state index in [4.69, 9.17) is 6.42 Å². The van der Waals surface area contributed by atoms with Crippen molar-refractivity contribution in [2.45, 2.75) is 13.1 Å². The molecule has 0 amide bonds. The van der Waals surface area contributed by atoms with E-state index in [0.29, 0.717) is 0 Å². The van der Waals surface area contributed by atoms with Crippen molar-refractivity contribution in [3.8, 4) is 12.0 Å². The molecule has 0 atom stereocenters. The van der Waals surface area contributed by atoms with Gasteiger partial charge < -0.3 is 0 Å². The maximum absolute atomic E-state index is 5.18. The fraction of sp³-hybridized carbons (Fsp3) is 0.600. The molecule has 0 aromatic rings. The normalized spacial score (nSPS) is 10.6. The lowest BCUT2D eigenvalue weighted by Crippen LogP contribution is -2.25. The first-order valence-corrected chi connectivity index (χ1v) is 6.05. The van der Waals surface area contributed by atoms with Crippen molar-refractivity contribution in [3.63, 3.8) is 0 Å². The third-order valence-electron chi connectivity index (χ3n) is 0.786. The molecular weight excluding hydrogens is 120 g/mol. The molecule has 0 bridgehead atoms. The molecule has 0 N–H and O–H groups in total. The summed E-state index contributed by atoms with van der Waals surface area (Å²) in [6.45, 7) is 4.25. The summed E-state index contributed by atoms with van der Waals surface area (Å²) in [5.74, 6) is 0. The van der Waals surface area contributed by atoms with Crippen LogP contribution in [0.25, 0.3) is 0 Å². The van der Waals surface area contributed by atoms with Gasteiger partial charge in [0.15, 0.2) is 0 Å². The van der Waals surface area contributed by atoms with Crippen LogP contribution in [-0.2, 0) is 0 Å². The number of terminal acetylenes is 1. The van der Waals surface area contributed by atoms with E-state index in [2.05, 4.69) is 31.3 Å². The van der Waals surface area contributed by atoms with Crippen LogP contribution >= 0.6 is 12.6 Å². The van der Waals surface area contributed by atoms with Crippen molar-refractivity contribution in [1.29, 1.82) is 0 Å². The third kappa shape index (κ3) is 2.78. The van der Waals surface area contributed by atoms with Crippen LogP contribution in [0.15, 0.2) is 0 Å². The molecule has 0 saturated carbocycles. The van der Waals surface area contributed by atoms with Crippen LogP contribution in [-0.4, -0.2) is 13.5 Å². The molecule has 0 fully saturated rings. The van der Waals surface area contributed by atoms with Gasteiger partial charge in [0.2, 0.25) is 0 Å². The summed E-state index contributed by atoms with van der Waals surface area (Å²) in [4.78, 5) is 0. The lowest BCUT2D eigenvalue weighted by Gasteiger charge is -2.07. The van der Waals surface area contributed by atoms with Gasteiger partial charge in [0.1, 0.15) is 8.07 Å². The first kappa shape index (κ1) is 7.13. The smallest absolute Gasteiger partial charge is 0.141 e. The SMILES string of the molecule is C#C[Si](C)(C)CS. The molecule has 0 aliphatic heterocycles. The second kappa shape index (κ2) is 2.44. The molecule has 0 aliphatic rings. The predicted molar refractivity (Wildman–Crippen MR) is 40.2 cm³/mol. The van der Waals surface area contributed by atoms with Crippen LogP contribution < -0.4 is 0 Å². The molecule has 0 spiro atoms. The molecule has 0 aromatic heterocycles. The Labute approximate surface area is 51.7 Å². The Morgan fingerprint density at radius 3 is 2.14 bits per heavy atom.